The zero-order valence-electron chi connectivity index (χ0n) is 16.1. The number of rotatable bonds is 0. The highest BCUT2D eigenvalue weighted by Crippen LogP contribution is 2.28. The van der Waals surface area contributed by atoms with E-state index < -0.39 is 0 Å². The first-order valence-electron chi connectivity index (χ1n) is 10.2. The van der Waals surface area contributed by atoms with Crippen LogP contribution in [-0.2, 0) is 12.8 Å². The second-order valence-electron chi connectivity index (χ2n) is 7.60. The van der Waals surface area contributed by atoms with Crippen LogP contribution in [0.1, 0.15) is 35.1 Å². The Bertz CT molecular complexity index is 1110. The van der Waals surface area contributed by atoms with Crippen molar-refractivity contribution in [3.05, 3.63) is 107 Å². The summed E-state index contributed by atoms with van der Waals surface area (Å²) in [5, 5.41) is 5.49. The molecule has 136 valence electrons. The molecule has 0 atom stereocenters. The van der Waals surface area contributed by atoms with Gasteiger partial charge in [0, 0.05) is 0 Å². The third kappa shape index (κ3) is 3.16. The molecule has 4 bridgehead atoms. The third-order valence-electron chi connectivity index (χ3n) is 5.85. The van der Waals surface area contributed by atoms with Crippen LogP contribution < -0.4 is 0 Å². The van der Waals surface area contributed by atoms with Crippen molar-refractivity contribution in [1.29, 1.82) is 0 Å². The summed E-state index contributed by atoms with van der Waals surface area (Å²) in [6, 6.07) is 26.9. The average Bonchev–Trinajstić information content (AvgIpc) is 2.75. The summed E-state index contributed by atoms with van der Waals surface area (Å²) >= 11 is 0. The van der Waals surface area contributed by atoms with Gasteiger partial charge in [-0.3, -0.25) is 0 Å². The number of allylic oxidation sites excluding steroid dienone is 2. The summed E-state index contributed by atoms with van der Waals surface area (Å²) in [6.07, 6.45) is 13.4. The van der Waals surface area contributed by atoms with Gasteiger partial charge in [-0.1, -0.05) is 97.1 Å². The Morgan fingerprint density at radius 3 is 1.32 bits per heavy atom. The van der Waals surface area contributed by atoms with E-state index in [2.05, 4.69) is 97.1 Å². The quantitative estimate of drug-likeness (QED) is 0.303. The molecule has 6 rings (SSSR count). The van der Waals surface area contributed by atoms with Crippen LogP contribution in [0.4, 0.5) is 0 Å². The third-order valence-corrected chi connectivity index (χ3v) is 5.85. The summed E-state index contributed by atoms with van der Waals surface area (Å²) in [6.45, 7) is 0. The molecule has 0 heteroatoms. The summed E-state index contributed by atoms with van der Waals surface area (Å²) in [5.41, 5.74) is 5.52. The minimum atomic E-state index is 1.06. The predicted molar refractivity (Wildman–Crippen MR) is 123 cm³/mol. The summed E-state index contributed by atoms with van der Waals surface area (Å²) < 4.78 is 0. The molecule has 4 aromatic carbocycles. The molecule has 0 aliphatic heterocycles. The van der Waals surface area contributed by atoms with E-state index in [1.165, 1.54) is 43.8 Å². The summed E-state index contributed by atoms with van der Waals surface area (Å²) in [7, 11) is 0. The van der Waals surface area contributed by atoms with Gasteiger partial charge in [0.05, 0.1) is 0 Å². The first-order valence-corrected chi connectivity index (χ1v) is 10.2. The SMILES string of the molecule is C1=Cc2ccc(c3ccccc23)CCc2ccc(c3ccccc23)/C=C\CC1. The van der Waals surface area contributed by atoms with Crippen LogP contribution in [0.5, 0.6) is 0 Å². The fourth-order valence-corrected chi connectivity index (χ4v) is 4.38. The molecule has 0 saturated carbocycles. The van der Waals surface area contributed by atoms with Gasteiger partial charge in [0.2, 0.25) is 0 Å². The molecule has 0 saturated heterocycles. The van der Waals surface area contributed by atoms with E-state index in [4.69, 9.17) is 0 Å². The Labute approximate surface area is 166 Å². The van der Waals surface area contributed by atoms with E-state index in [1.54, 1.807) is 0 Å². The number of fused-ring (bicyclic) bond motifs is 6. The maximum Gasteiger partial charge on any atom is -0.0109 e. The number of hydrogen-bond acceptors (Lipinski definition) is 0. The number of aryl methyl sites for hydroxylation is 2. The fourth-order valence-electron chi connectivity index (χ4n) is 4.38. The lowest BCUT2D eigenvalue weighted by atomic mass is 9.92. The Morgan fingerprint density at radius 2 is 0.857 bits per heavy atom. The van der Waals surface area contributed by atoms with E-state index >= 15 is 0 Å². The molecule has 0 heterocycles. The maximum absolute atomic E-state index is 2.32. The molecule has 28 heavy (non-hydrogen) atoms. The van der Waals surface area contributed by atoms with E-state index in [0.717, 1.165) is 25.7 Å². The van der Waals surface area contributed by atoms with Gasteiger partial charge in [0.25, 0.3) is 0 Å². The number of benzene rings is 4. The Morgan fingerprint density at radius 1 is 0.429 bits per heavy atom. The normalized spacial score (nSPS) is 15.4. The van der Waals surface area contributed by atoms with E-state index in [1.807, 2.05) is 0 Å². The molecule has 0 aromatic heterocycles. The van der Waals surface area contributed by atoms with Gasteiger partial charge in [-0.15, -0.1) is 0 Å². The number of hydrogen-bond donors (Lipinski definition) is 0. The van der Waals surface area contributed by atoms with Gasteiger partial charge in [-0.2, -0.15) is 0 Å². The molecule has 0 fully saturated rings. The molecule has 0 radical (unpaired) electrons. The lowest BCUT2D eigenvalue weighted by Crippen LogP contribution is -1.96. The first kappa shape index (κ1) is 17.0. The van der Waals surface area contributed by atoms with Crippen molar-refractivity contribution < 1.29 is 0 Å². The molecule has 0 unspecified atom stereocenters. The molecular weight excluding hydrogens is 336 g/mol. The van der Waals surface area contributed by atoms with Gasteiger partial charge in [0.1, 0.15) is 0 Å². The van der Waals surface area contributed by atoms with Crippen LogP contribution in [0.25, 0.3) is 33.7 Å². The van der Waals surface area contributed by atoms with Gasteiger partial charge in [-0.25, -0.2) is 0 Å². The molecule has 4 aromatic rings. The minimum absolute atomic E-state index is 1.06. The highest BCUT2D eigenvalue weighted by Gasteiger charge is 2.08. The smallest absolute Gasteiger partial charge is 0.0109 e. The van der Waals surface area contributed by atoms with E-state index in [-0.39, 0.29) is 0 Å². The molecule has 0 N–H and O–H groups in total. The molecule has 2 aliphatic carbocycles. The van der Waals surface area contributed by atoms with Crippen LogP contribution in [-0.4, -0.2) is 0 Å². The van der Waals surface area contributed by atoms with Crippen molar-refractivity contribution in [2.75, 3.05) is 0 Å². The highest BCUT2D eigenvalue weighted by molar-refractivity contribution is 5.94. The van der Waals surface area contributed by atoms with Crippen LogP contribution in [0.3, 0.4) is 0 Å². The van der Waals surface area contributed by atoms with Gasteiger partial charge >= 0.3 is 0 Å². The topological polar surface area (TPSA) is 0 Å². The van der Waals surface area contributed by atoms with E-state index in [0.29, 0.717) is 0 Å². The predicted octanol–water partition coefficient (Wildman–Crippen LogP) is 7.60. The molecule has 0 nitrogen and oxygen atoms in total. The van der Waals surface area contributed by atoms with Gasteiger partial charge in [0.15, 0.2) is 0 Å². The average molecular weight is 361 g/mol. The minimum Gasteiger partial charge on any atom is -0.0836 e. The Balaban J connectivity index is 1.67. The maximum atomic E-state index is 2.32. The monoisotopic (exact) mass is 360 g/mol. The van der Waals surface area contributed by atoms with Gasteiger partial charge < -0.3 is 0 Å². The van der Waals surface area contributed by atoms with Crippen LogP contribution in [0.15, 0.2) is 84.9 Å². The van der Waals surface area contributed by atoms with Crippen LogP contribution in [0.2, 0.25) is 0 Å². The van der Waals surface area contributed by atoms with Crippen molar-refractivity contribution >= 4 is 33.7 Å². The standard InChI is InChI=1S/C28H24/c1-2-4-10-22-16-18-24(28-14-8-6-12-26(22)28)20-19-23-17-15-21(9-3-1)25-11-5-7-13-27(23)25/h3-18H,1-2,19-20H2/b9-3-,10-4?. The fraction of sp³-hybridized carbons (Fsp3) is 0.143. The highest BCUT2D eigenvalue weighted by atomic mass is 14.1. The second kappa shape index (κ2) is 7.48. The van der Waals surface area contributed by atoms with Crippen molar-refractivity contribution in [2.45, 2.75) is 25.7 Å². The zero-order chi connectivity index (χ0) is 18.8. The first-order chi connectivity index (χ1) is 13.9. The Hall–Kier alpha value is -3.12. The van der Waals surface area contributed by atoms with Crippen molar-refractivity contribution in [2.24, 2.45) is 0 Å². The van der Waals surface area contributed by atoms with Crippen molar-refractivity contribution in [1.82, 2.24) is 0 Å². The van der Waals surface area contributed by atoms with Crippen molar-refractivity contribution in [3.8, 4) is 0 Å². The van der Waals surface area contributed by atoms with E-state index in [9.17, 15) is 0 Å². The van der Waals surface area contributed by atoms with Gasteiger partial charge in [-0.05, 0) is 69.5 Å². The summed E-state index contributed by atoms with van der Waals surface area (Å²) in [4.78, 5) is 0. The second-order valence-corrected chi connectivity index (χ2v) is 7.60. The molecular formula is C28H24. The lowest BCUT2D eigenvalue weighted by Gasteiger charge is -2.12. The van der Waals surface area contributed by atoms with Crippen LogP contribution >= 0.6 is 0 Å². The zero-order valence-corrected chi connectivity index (χ0v) is 16.1. The van der Waals surface area contributed by atoms with Crippen LogP contribution in [0, 0.1) is 0 Å². The van der Waals surface area contributed by atoms with Crippen molar-refractivity contribution in [3.63, 3.8) is 0 Å². The Kier molecular flexibility index (Phi) is 4.54. The summed E-state index contributed by atoms with van der Waals surface area (Å²) in [5.74, 6) is 0. The lowest BCUT2D eigenvalue weighted by molar-refractivity contribution is 0.978. The molecule has 2 aliphatic rings. The molecule has 0 spiro atoms. The largest absolute Gasteiger partial charge is 0.0836 e. The molecule has 0 amide bonds.